The van der Waals surface area contributed by atoms with Crippen LogP contribution in [0.5, 0.6) is 0 Å². The summed E-state index contributed by atoms with van der Waals surface area (Å²) in [5.74, 6) is -0.388. The number of hydrogen-bond acceptors (Lipinski definition) is 3. The van der Waals surface area contributed by atoms with Crippen molar-refractivity contribution in [3.8, 4) is 0 Å². The number of benzene rings is 3. The number of aryl methyl sites for hydroxylation is 2. The summed E-state index contributed by atoms with van der Waals surface area (Å²) in [6.07, 6.45) is 0. The highest BCUT2D eigenvalue weighted by Gasteiger charge is 2.27. The lowest BCUT2D eigenvalue weighted by Crippen LogP contribution is -2.37. The molecular weight excluding hydrogens is 476 g/mol. The van der Waals surface area contributed by atoms with Gasteiger partial charge in [0.2, 0.25) is 15.9 Å². The molecule has 0 aromatic heterocycles. The van der Waals surface area contributed by atoms with E-state index in [9.17, 15) is 13.2 Å². The molecule has 0 aliphatic carbocycles. The SMILES string of the molecule is Cc1ccc(CN(CC(=O)Nc2cccc(C)c2C)S(=O)(=O)c2ccc(Br)cc2)cc1. The molecule has 0 aliphatic heterocycles. The van der Waals surface area contributed by atoms with E-state index in [1.807, 2.05) is 63.2 Å². The van der Waals surface area contributed by atoms with Crippen molar-refractivity contribution in [2.24, 2.45) is 0 Å². The zero-order valence-electron chi connectivity index (χ0n) is 17.7. The van der Waals surface area contributed by atoms with E-state index in [2.05, 4.69) is 21.2 Å². The Hall–Kier alpha value is -2.48. The summed E-state index contributed by atoms with van der Waals surface area (Å²) in [7, 11) is -3.88. The third-order valence-electron chi connectivity index (χ3n) is 5.13. The molecule has 0 radical (unpaired) electrons. The molecule has 0 saturated carbocycles. The predicted octanol–water partition coefficient (Wildman–Crippen LogP) is 5.20. The van der Waals surface area contributed by atoms with Crippen LogP contribution in [0.15, 0.2) is 76.1 Å². The zero-order chi connectivity index (χ0) is 22.6. The van der Waals surface area contributed by atoms with Gasteiger partial charge in [0.25, 0.3) is 0 Å². The van der Waals surface area contributed by atoms with Crippen LogP contribution in [0.2, 0.25) is 0 Å². The molecule has 3 aromatic carbocycles. The second kappa shape index (κ2) is 9.77. The Labute approximate surface area is 192 Å². The first-order chi connectivity index (χ1) is 14.7. The van der Waals surface area contributed by atoms with Crippen molar-refractivity contribution in [3.63, 3.8) is 0 Å². The molecule has 0 heterocycles. The van der Waals surface area contributed by atoms with Crippen LogP contribution in [0.25, 0.3) is 0 Å². The Bertz CT molecular complexity index is 1170. The third kappa shape index (κ3) is 5.81. The summed E-state index contributed by atoms with van der Waals surface area (Å²) < 4.78 is 28.7. The molecule has 1 amide bonds. The molecule has 0 fully saturated rings. The number of sulfonamides is 1. The van der Waals surface area contributed by atoms with Crippen molar-refractivity contribution in [2.45, 2.75) is 32.2 Å². The quantitative estimate of drug-likeness (QED) is 0.484. The summed E-state index contributed by atoms with van der Waals surface area (Å²) in [6.45, 7) is 5.66. The lowest BCUT2D eigenvalue weighted by molar-refractivity contribution is -0.116. The van der Waals surface area contributed by atoms with Gasteiger partial charge in [0.05, 0.1) is 11.4 Å². The Kier molecular flexibility index (Phi) is 7.30. The smallest absolute Gasteiger partial charge is 0.243 e. The Morgan fingerprint density at radius 3 is 2.23 bits per heavy atom. The van der Waals surface area contributed by atoms with Gasteiger partial charge in [-0.1, -0.05) is 57.9 Å². The summed E-state index contributed by atoms with van der Waals surface area (Å²) >= 11 is 3.33. The maximum absolute atomic E-state index is 13.4. The average molecular weight is 501 g/mol. The van der Waals surface area contributed by atoms with Crippen molar-refractivity contribution < 1.29 is 13.2 Å². The van der Waals surface area contributed by atoms with E-state index in [-0.39, 0.29) is 23.9 Å². The molecule has 3 aromatic rings. The first-order valence-electron chi connectivity index (χ1n) is 9.84. The van der Waals surface area contributed by atoms with Crippen LogP contribution in [0.3, 0.4) is 0 Å². The summed E-state index contributed by atoms with van der Waals surface area (Å²) in [4.78, 5) is 13.0. The van der Waals surface area contributed by atoms with E-state index < -0.39 is 10.0 Å². The second-order valence-corrected chi connectivity index (χ2v) is 10.4. The van der Waals surface area contributed by atoms with Gasteiger partial charge < -0.3 is 5.32 Å². The molecule has 3 rings (SSSR count). The minimum atomic E-state index is -3.88. The maximum atomic E-state index is 13.4. The number of anilines is 1. The van der Waals surface area contributed by atoms with Gasteiger partial charge in [0, 0.05) is 16.7 Å². The molecular formula is C24H25BrN2O3S. The number of amides is 1. The minimum Gasteiger partial charge on any atom is -0.325 e. The Morgan fingerprint density at radius 2 is 1.58 bits per heavy atom. The van der Waals surface area contributed by atoms with E-state index in [0.29, 0.717) is 5.69 Å². The van der Waals surface area contributed by atoms with Gasteiger partial charge in [-0.2, -0.15) is 4.31 Å². The van der Waals surface area contributed by atoms with Crippen LogP contribution < -0.4 is 5.32 Å². The topological polar surface area (TPSA) is 66.5 Å². The van der Waals surface area contributed by atoms with E-state index >= 15 is 0 Å². The van der Waals surface area contributed by atoms with Gasteiger partial charge in [-0.15, -0.1) is 0 Å². The van der Waals surface area contributed by atoms with Gasteiger partial charge in [-0.05, 0) is 67.8 Å². The average Bonchev–Trinajstić information content (AvgIpc) is 2.73. The monoisotopic (exact) mass is 500 g/mol. The van der Waals surface area contributed by atoms with Crippen molar-refractivity contribution in [2.75, 3.05) is 11.9 Å². The molecule has 0 unspecified atom stereocenters. The van der Waals surface area contributed by atoms with Gasteiger partial charge in [-0.3, -0.25) is 4.79 Å². The molecule has 1 N–H and O–H groups in total. The van der Waals surface area contributed by atoms with Crippen LogP contribution in [-0.4, -0.2) is 25.2 Å². The van der Waals surface area contributed by atoms with Crippen LogP contribution in [0, 0.1) is 20.8 Å². The fourth-order valence-corrected chi connectivity index (χ4v) is 4.76. The van der Waals surface area contributed by atoms with Crippen molar-refractivity contribution >= 4 is 37.5 Å². The highest BCUT2D eigenvalue weighted by molar-refractivity contribution is 9.10. The molecule has 7 heteroatoms. The molecule has 0 aliphatic rings. The van der Waals surface area contributed by atoms with Crippen molar-refractivity contribution in [1.29, 1.82) is 0 Å². The van der Waals surface area contributed by atoms with Gasteiger partial charge in [-0.25, -0.2) is 8.42 Å². The maximum Gasteiger partial charge on any atom is 0.243 e. The Morgan fingerprint density at radius 1 is 0.935 bits per heavy atom. The van der Waals surface area contributed by atoms with Crippen LogP contribution in [-0.2, 0) is 21.4 Å². The molecule has 162 valence electrons. The lowest BCUT2D eigenvalue weighted by atomic mass is 10.1. The third-order valence-corrected chi connectivity index (χ3v) is 7.46. The van der Waals surface area contributed by atoms with E-state index in [1.165, 1.54) is 16.4 Å². The van der Waals surface area contributed by atoms with Gasteiger partial charge >= 0.3 is 0 Å². The first kappa shape index (κ1) is 23.2. The predicted molar refractivity (Wildman–Crippen MR) is 127 cm³/mol. The lowest BCUT2D eigenvalue weighted by Gasteiger charge is -2.22. The van der Waals surface area contributed by atoms with Crippen molar-refractivity contribution in [3.05, 3.63) is 93.5 Å². The van der Waals surface area contributed by atoms with Gasteiger partial charge in [0.15, 0.2) is 0 Å². The minimum absolute atomic E-state index is 0.0961. The first-order valence-corrected chi connectivity index (χ1v) is 12.1. The van der Waals surface area contributed by atoms with E-state index in [1.54, 1.807) is 12.1 Å². The normalized spacial score (nSPS) is 11.5. The van der Waals surface area contributed by atoms with Crippen LogP contribution in [0.1, 0.15) is 22.3 Å². The van der Waals surface area contributed by atoms with Crippen LogP contribution in [0.4, 0.5) is 5.69 Å². The largest absolute Gasteiger partial charge is 0.325 e. The van der Waals surface area contributed by atoms with Crippen LogP contribution >= 0.6 is 15.9 Å². The summed E-state index contributed by atoms with van der Waals surface area (Å²) in [5.41, 5.74) is 4.58. The summed E-state index contributed by atoms with van der Waals surface area (Å²) in [6, 6.07) is 19.7. The number of nitrogens with one attached hydrogen (secondary N) is 1. The second-order valence-electron chi connectivity index (χ2n) is 7.51. The molecule has 31 heavy (non-hydrogen) atoms. The fourth-order valence-electron chi connectivity index (χ4n) is 3.12. The number of hydrogen-bond donors (Lipinski definition) is 1. The molecule has 0 saturated heterocycles. The molecule has 5 nitrogen and oxygen atoms in total. The van der Waals surface area contributed by atoms with Gasteiger partial charge in [0.1, 0.15) is 0 Å². The Balaban J connectivity index is 1.89. The summed E-state index contributed by atoms with van der Waals surface area (Å²) in [5, 5.41) is 2.86. The molecule has 0 spiro atoms. The fraction of sp³-hybridized carbons (Fsp3) is 0.208. The zero-order valence-corrected chi connectivity index (χ0v) is 20.1. The standard InChI is InChI=1S/C24H25BrN2O3S/c1-17-7-9-20(10-8-17)15-27(31(29,30)22-13-11-21(25)12-14-22)16-24(28)26-23-6-4-5-18(2)19(23)3/h4-14H,15-16H2,1-3H3,(H,26,28). The van der Waals surface area contributed by atoms with E-state index in [4.69, 9.17) is 0 Å². The van der Waals surface area contributed by atoms with E-state index in [0.717, 1.165) is 26.7 Å². The number of halogens is 1. The molecule has 0 atom stereocenters. The molecule has 0 bridgehead atoms. The number of nitrogens with zero attached hydrogens (tertiary/aromatic N) is 1. The highest BCUT2D eigenvalue weighted by Crippen LogP contribution is 2.22. The number of carbonyl (C=O) groups excluding carboxylic acids is 1. The van der Waals surface area contributed by atoms with Crippen molar-refractivity contribution in [1.82, 2.24) is 4.31 Å². The number of rotatable bonds is 7. The highest BCUT2D eigenvalue weighted by atomic mass is 79.9. The number of carbonyl (C=O) groups is 1.